The van der Waals surface area contributed by atoms with E-state index >= 15 is 0 Å². The molecule has 9 heavy (non-hydrogen) atoms. The molecule has 0 amide bonds. The van der Waals surface area contributed by atoms with Crippen LogP contribution in [0.4, 0.5) is 0 Å². The predicted octanol–water partition coefficient (Wildman–Crippen LogP) is -0.210. The maximum atomic E-state index is 5.19. The highest BCUT2D eigenvalue weighted by Gasteiger charge is 1.97. The molecule has 3 heteroatoms. The average Bonchev–Trinajstić information content (AvgIpc) is 1.83. The minimum absolute atomic E-state index is 0.424. The molecule has 3 N–H and O–H groups in total. The van der Waals surface area contributed by atoms with Gasteiger partial charge in [-0.3, -0.25) is 11.3 Å². The standard InChI is InChI=1S/C6H17N3/c1-6(8-7)4-5-9(2)3/h6,8H,4-5,7H2,1-3H3. The lowest BCUT2D eigenvalue weighted by atomic mass is 10.2. The molecule has 0 heterocycles. The van der Waals surface area contributed by atoms with Gasteiger partial charge in [0.15, 0.2) is 0 Å². The fraction of sp³-hybridized carbons (Fsp3) is 1.00. The van der Waals surface area contributed by atoms with Crippen LogP contribution in [-0.2, 0) is 0 Å². The van der Waals surface area contributed by atoms with Crippen LogP contribution in [0.5, 0.6) is 0 Å². The van der Waals surface area contributed by atoms with E-state index in [9.17, 15) is 0 Å². The van der Waals surface area contributed by atoms with Gasteiger partial charge in [0, 0.05) is 6.04 Å². The molecule has 0 aromatic rings. The maximum Gasteiger partial charge on any atom is 0.0194 e. The lowest BCUT2D eigenvalue weighted by Crippen LogP contribution is -2.34. The average molecular weight is 131 g/mol. The normalized spacial score (nSPS) is 14.3. The van der Waals surface area contributed by atoms with E-state index in [0.717, 1.165) is 13.0 Å². The summed E-state index contributed by atoms with van der Waals surface area (Å²) in [6, 6.07) is 0.424. The van der Waals surface area contributed by atoms with Crippen LogP contribution in [0, 0.1) is 0 Å². The summed E-state index contributed by atoms with van der Waals surface area (Å²) in [5.41, 5.74) is 2.69. The van der Waals surface area contributed by atoms with E-state index in [1.165, 1.54) is 0 Å². The molecule has 0 spiro atoms. The summed E-state index contributed by atoms with van der Waals surface area (Å²) >= 11 is 0. The molecule has 0 aliphatic carbocycles. The molecule has 1 unspecified atom stereocenters. The first-order valence-electron chi connectivity index (χ1n) is 3.27. The van der Waals surface area contributed by atoms with Crippen molar-refractivity contribution >= 4 is 0 Å². The largest absolute Gasteiger partial charge is 0.309 e. The molecule has 0 saturated heterocycles. The molecule has 0 aromatic carbocycles. The molecule has 0 aliphatic rings. The van der Waals surface area contributed by atoms with Crippen molar-refractivity contribution in [3.63, 3.8) is 0 Å². The van der Waals surface area contributed by atoms with Crippen molar-refractivity contribution in [1.29, 1.82) is 0 Å². The van der Waals surface area contributed by atoms with Gasteiger partial charge in [-0.1, -0.05) is 0 Å². The van der Waals surface area contributed by atoms with Crippen LogP contribution in [0.1, 0.15) is 13.3 Å². The van der Waals surface area contributed by atoms with Gasteiger partial charge in [0.25, 0.3) is 0 Å². The topological polar surface area (TPSA) is 41.3 Å². The Balaban J connectivity index is 3.06. The third kappa shape index (κ3) is 5.76. The molecule has 0 saturated carbocycles. The summed E-state index contributed by atoms with van der Waals surface area (Å²) in [6.45, 7) is 3.16. The minimum atomic E-state index is 0.424. The number of rotatable bonds is 4. The Kier molecular flexibility index (Phi) is 4.67. The molecule has 0 aromatic heterocycles. The van der Waals surface area contributed by atoms with Gasteiger partial charge in [0.1, 0.15) is 0 Å². The van der Waals surface area contributed by atoms with E-state index < -0.39 is 0 Å². The van der Waals surface area contributed by atoms with Gasteiger partial charge >= 0.3 is 0 Å². The molecule has 56 valence electrons. The lowest BCUT2D eigenvalue weighted by Gasteiger charge is -2.13. The number of hydrazine groups is 1. The first-order valence-corrected chi connectivity index (χ1v) is 3.27. The number of nitrogens with zero attached hydrogens (tertiary/aromatic N) is 1. The third-order valence-electron chi connectivity index (χ3n) is 1.29. The fourth-order valence-electron chi connectivity index (χ4n) is 0.535. The summed E-state index contributed by atoms with van der Waals surface area (Å²) < 4.78 is 0. The summed E-state index contributed by atoms with van der Waals surface area (Å²) in [7, 11) is 4.12. The number of hydrogen-bond acceptors (Lipinski definition) is 3. The second kappa shape index (κ2) is 4.73. The molecule has 0 aliphatic heterocycles. The van der Waals surface area contributed by atoms with Crippen molar-refractivity contribution in [3.05, 3.63) is 0 Å². The summed E-state index contributed by atoms with van der Waals surface area (Å²) in [5, 5.41) is 0. The van der Waals surface area contributed by atoms with Gasteiger partial charge in [0.2, 0.25) is 0 Å². The quantitative estimate of drug-likeness (QED) is 0.410. The van der Waals surface area contributed by atoms with E-state index in [2.05, 4.69) is 31.3 Å². The van der Waals surface area contributed by atoms with Gasteiger partial charge in [-0.2, -0.15) is 0 Å². The Morgan fingerprint density at radius 2 is 2.11 bits per heavy atom. The van der Waals surface area contributed by atoms with Gasteiger partial charge in [-0.25, -0.2) is 0 Å². The second-order valence-electron chi connectivity index (χ2n) is 2.66. The van der Waals surface area contributed by atoms with Crippen LogP contribution in [0.3, 0.4) is 0 Å². The van der Waals surface area contributed by atoms with Crippen LogP contribution < -0.4 is 11.3 Å². The molecular weight excluding hydrogens is 114 g/mol. The second-order valence-corrected chi connectivity index (χ2v) is 2.66. The highest BCUT2D eigenvalue weighted by Crippen LogP contribution is 1.88. The summed E-state index contributed by atoms with van der Waals surface area (Å²) in [5.74, 6) is 5.19. The van der Waals surface area contributed by atoms with E-state index in [1.54, 1.807) is 0 Å². The molecule has 1 atom stereocenters. The molecule has 0 rings (SSSR count). The zero-order chi connectivity index (χ0) is 7.28. The predicted molar refractivity (Wildman–Crippen MR) is 40.0 cm³/mol. The zero-order valence-corrected chi connectivity index (χ0v) is 6.52. The van der Waals surface area contributed by atoms with E-state index in [1.807, 2.05) is 0 Å². The Labute approximate surface area is 57.2 Å². The van der Waals surface area contributed by atoms with Crippen molar-refractivity contribution in [1.82, 2.24) is 10.3 Å². The Morgan fingerprint density at radius 3 is 2.44 bits per heavy atom. The van der Waals surface area contributed by atoms with Gasteiger partial charge in [-0.05, 0) is 34.0 Å². The fourth-order valence-corrected chi connectivity index (χ4v) is 0.535. The van der Waals surface area contributed by atoms with Crippen molar-refractivity contribution in [2.24, 2.45) is 5.84 Å². The zero-order valence-electron chi connectivity index (χ0n) is 6.52. The van der Waals surface area contributed by atoms with E-state index in [-0.39, 0.29) is 0 Å². The number of nitrogens with two attached hydrogens (primary N) is 1. The van der Waals surface area contributed by atoms with E-state index in [0.29, 0.717) is 6.04 Å². The Morgan fingerprint density at radius 1 is 1.56 bits per heavy atom. The van der Waals surface area contributed by atoms with Gasteiger partial charge in [0.05, 0.1) is 0 Å². The summed E-state index contributed by atoms with van der Waals surface area (Å²) in [4.78, 5) is 2.15. The third-order valence-corrected chi connectivity index (χ3v) is 1.29. The molecule has 0 radical (unpaired) electrons. The maximum absolute atomic E-state index is 5.19. The van der Waals surface area contributed by atoms with Crippen LogP contribution >= 0.6 is 0 Å². The highest BCUT2D eigenvalue weighted by molar-refractivity contribution is 4.56. The molecular formula is C6H17N3. The number of nitrogens with one attached hydrogen (secondary N) is 1. The lowest BCUT2D eigenvalue weighted by molar-refractivity contribution is 0.368. The Bertz CT molecular complexity index is 63.3. The summed E-state index contributed by atoms with van der Waals surface area (Å²) in [6.07, 6.45) is 1.10. The van der Waals surface area contributed by atoms with Crippen LogP contribution in [-0.4, -0.2) is 31.6 Å². The van der Waals surface area contributed by atoms with Gasteiger partial charge < -0.3 is 4.90 Å². The van der Waals surface area contributed by atoms with E-state index in [4.69, 9.17) is 5.84 Å². The smallest absolute Gasteiger partial charge is 0.0194 e. The first kappa shape index (κ1) is 8.88. The Hall–Kier alpha value is -0.120. The molecule has 3 nitrogen and oxygen atoms in total. The van der Waals surface area contributed by atoms with Crippen molar-refractivity contribution in [3.8, 4) is 0 Å². The van der Waals surface area contributed by atoms with Crippen molar-refractivity contribution in [2.45, 2.75) is 19.4 Å². The molecule has 0 fully saturated rings. The van der Waals surface area contributed by atoms with Crippen LogP contribution in [0.15, 0.2) is 0 Å². The van der Waals surface area contributed by atoms with Crippen molar-refractivity contribution < 1.29 is 0 Å². The highest BCUT2D eigenvalue weighted by atomic mass is 15.2. The minimum Gasteiger partial charge on any atom is -0.309 e. The first-order chi connectivity index (χ1) is 4.16. The van der Waals surface area contributed by atoms with Crippen molar-refractivity contribution in [2.75, 3.05) is 20.6 Å². The van der Waals surface area contributed by atoms with Crippen LogP contribution in [0.25, 0.3) is 0 Å². The monoisotopic (exact) mass is 131 g/mol. The van der Waals surface area contributed by atoms with Crippen LogP contribution in [0.2, 0.25) is 0 Å². The SMILES string of the molecule is CC(CCN(C)C)NN. The van der Waals surface area contributed by atoms with Gasteiger partial charge in [-0.15, -0.1) is 0 Å². The number of hydrogen-bond donors (Lipinski definition) is 2. The molecule has 0 bridgehead atoms.